The Labute approximate surface area is 114 Å². The van der Waals surface area contributed by atoms with Crippen molar-refractivity contribution in [1.82, 2.24) is 5.32 Å². The predicted octanol–water partition coefficient (Wildman–Crippen LogP) is 2.65. The van der Waals surface area contributed by atoms with E-state index in [1.165, 1.54) is 11.1 Å². The summed E-state index contributed by atoms with van der Waals surface area (Å²) in [7, 11) is 0. The molecule has 0 spiro atoms. The van der Waals surface area contributed by atoms with Crippen LogP contribution >= 0.6 is 0 Å². The second-order valence-electron chi connectivity index (χ2n) is 5.44. The van der Waals surface area contributed by atoms with Gasteiger partial charge in [-0.1, -0.05) is 18.2 Å². The van der Waals surface area contributed by atoms with Crippen molar-refractivity contribution in [2.45, 2.75) is 45.6 Å². The lowest BCUT2D eigenvalue weighted by Gasteiger charge is -2.15. The molecule has 1 aromatic carbocycles. The molecular formula is C16H20N2O. The van der Waals surface area contributed by atoms with Crippen molar-refractivity contribution in [1.29, 1.82) is 5.26 Å². The standard InChI is InChI=1S/C16H20N2O/c1-11-6-7-13(8-12(11)2)9-16(19)18-15-5-3-4-14(15)10-17/h6-8,14-15H,3-5,9H2,1-2H3,(H,18,19). The molecule has 19 heavy (non-hydrogen) atoms. The van der Waals surface area contributed by atoms with Gasteiger partial charge in [0.1, 0.15) is 0 Å². The molecule has 1 fully saturated rings. The van der Waals surface area contributed by atoms with Crippen LogP contribution in [0.2, 0.25) is 0 Å². The molecule has 3 heteroatoms. The molecule has 1 aromatic rings. The Morgan fingerprint density at radius 3 is 2.84 bits per heavy atom. The number of aryl methyl sites for hydroxylation is 2. The summed E-state index contributed by atoms with van der Waals surface area (Å²) >= 11 is 0. The van der Waals surface area contributed by atoms with Crippen LogP contribution in [-0.2, 0) is 11.2 Å². The van der Waals surface area contributed by atoms with E-state index in [-0.39, 0.29) is 17.9 Å². The molecule has 0 heterocycles. The summed E-state index contributed by atoms with van der Waals surface area (Å²) in [6.07, 6.45) is 3.27. The Morgan fingerprint density at radius 1 is 1.37 bits per heavy atom. The van der Waals surface area contributed by atoms with Gasteiger partial charge in [0, 0.05) is 6.04 Å². The fraction of sp³-hybridized carbons (Fsp3) is 0.500. The van der Waals surface area contributed by atoms with Crippen LogP contribution in [0.5, 0.6) is 0 Å². The van der Waals surface area contributed by atoms with Gasteiger partial charge in [-0.25, -0.2) is 0 Å². The fourth-order valence-electron chi connectivity index (χ4n) is 2.64. The first-order valence-electron chi connectivity index (χ1n) is 6.85. The van der Waals surface area contributed by atoms with Crippen molar-refractivity contribution in [2.75, 3.05) is 0 Å². The van der Waals surface area contributed by atoms with Gasteiger partial charge in [-0.3, -0.25) is 4.79 Å². The van der Waals surface area contributed by atoms with E-state index in [4.69, 9.17) is 5.26 Å². The van der Waals surface area contributed by atoms with E-state index < -0.39 is 0 Å². The maximum Gasteiger partial charge on any atom is 0.224 e. The van der Waals surface area contributed by atoms with Gasteiger partial charge in [-0.2, -0.15) is 5.26 Å². The van der Waals surface area contributed by atoms with Crippen molar-refractivity contribution in [3.63, 3.8) is 0 Å². The first-order chi connectivity index (χ1) is 9.10. The Morgan fingerprint density at radius 2 is 2.16 bits per heavy atom. The Bertz CT molecular complexity index is 516. The lowest BCUT2D eigenvalue weighted by atomic mass is 10.0. The van der Waals surface area contributed by atoms with Crippen LogP contribution in [0, 0.1) is 31.1 Å². The monoisotopic (exact) mass is 256 g/mol. The summed E-state index contributed by atoms with van der Waals surface area (Å²) in [5.74, 6) is 0.0131. The summed E-state index contributed by atoms with van der Waals surface area (Å²) in [6, 6.07) is 8.44. The first kappa shape index (κ1) is 13.6. The van der Waals surface area contributed by atoms with Crippen LogP contribution in [0.3, 0.4) is 0 Å². The van der Waals surface area contributed by atoms with E-state index in [1.807, 2.05) is 12.1 Å². The number of nitrogens with zero attached hydrogens (tertiary/aromatic N) is 1. The summed E-state index contributed by atoms with van der Waals surface area (Å²) in [6.45, 7) is 4.12. The highest BCUT2D eigenvalue weighted by Crippen LogP contribution is 2.24. The van der Waals surface area contributed by atoms with Gasteiger partial charge in [0.2, 0.25) is 5.91 Å². The topological polar surface area (TPSA) is 52.9 Å². The molecule has 1 N–H and O–H groups in total. The smallest absolute Gasteiger partial charge is 0.224 e. The van der Waals surface area contributed by atoms with Gasteiger partial charge in [-0.05, 0) is 49.8 Å². The van der Waals surface area contributed by atoms with Crippen molar-refractivity contribution < 1.29 is 4.79 Å². The number of carbonyl (C=O) groups is 1. The largest absolute Gasteiger partial charge is 0.352 e. The zero-order valence-electron chi connectivity index (χ0n) is 11.6. The highest BCUT2D eigenvalue weighted by Gasteiger charge is 2.28. The van der Waals surface area contributed by atoms with E-state index in [0.29, 0.717) is 6.42 Å². The maximum atomic E-state index is 12.0. The summed E-state index contributed by atoms with van der Waals surface area (Å²) < 4.78 is 0. The molecule has 1 saturated carbocycles. The molecule has 2 atom stereocenters. The van der Waals surface area contributed by atoms with Gasteiger partial charge in [0.15, 0.2) is 0 Å². The third-order valence-corrected chi connectivity index (χ3v) is 3.96. The number of nitrogens with one attached hydrogen (secondary N) is 1. The summed E-state index contributed by atoms with van der Waals surface area (Å²) in [5.41, 5.74) is 3.48. The average molecular weight is 256 g/mol. The molecular weight excluding hydrogens is 236 g/mol. The van der Waals surface area contributed by atoms with Gasteiger partial charge in [0.05, 0.1) is 18.4 Å². The van der Waals surface area contributed by atoms with Gasteiger partial charge in [-0.15, -0.1) is 0 Å². The lowest BCUT2D eigenvalue weighted by molar-refractivity contribution is -0.121. The third kappa shape index (κ3) is 3.35. The maximum absolute atomic E-state index is 12.0. The minimum Gasteiger partial charge on any atom is -0.352 e. The van der Waals surface area contributed by atoms with Crippen molar-refractivity contribution in [2.24, 2.45) is 5.92 Å². The molecule has 3 nitrogen and oxygen atoms in total. The molecule has 2 rings (SSSR count). The van der Waals surface area contributed by atoms with E-state index in [9.17, 15) is 4.79 Å². The second-order valence-corrected chi connectivity index (χ2v) is 5.44. The third-order valence-electron chi connectivity index (χ3n) is 3.96. The minimum absolute atomic E-state index is 0.0105. The highest BCUT2D eigenvalue weighted by atomic mass is 16.1. The van der Waals surface area contributed by atoms with Crippen molar-refractivity contribution >= 4 is 5.91 Å². The zero-order chi connectivity index (χ0) is 13.8. The zero-order valence-corrected chi connectivity index (χ0v) is 11.6. The molecule has 1 aliphatic carbocycles. The number of rotatable bonds is 3. The fourth-order valence-corrected chi connectivity index (χ4v) is 2.64. The number of hydrogen-bond acceptors (Lipinski definition) is 2. The average Bonchev–Trinajstić information content (AvgIpc) is 2.81. The van der Waals surface area contributed by atoms with Crippen LogP contribution in [0.4, 0.5) is 0 Å². The van der Waals surface area contributed by atoms with Gasteiger partial charge in [0.25, 0.3) is 0 Å². The van der Waals surface area contributed by atoms with Crippen LogP contribution in [-0.4, -0.2) is 11.9 Å². The van der Waals surface area contributed by atoms with E-state index in [0.717, 1.165) is 24.8 Å². The summed E-state index contributed by atoms with van der Waals surface area (Å²) in [5, 5.41) is 12.0. The normalized spacial score (nSPS) is 21.9. The lowest BCUT2D eigenvalue weighted by Crippen LogP contribution is -2.37. The minimum atomic E-state index is -0.0105. The SMILES string of the molecule is Cc1ccc(CC(=O)NC2CCCC2C#N)cc1C. The van der Waals surface area contributed by atoms with Crippen molar-refractivity contribution in [3.8, 4) is 6.07 Å². The van der Waals surface area contributed by atoms with Crippen LogP contribution in [0.15, 0.2) is 18.2 Å². The van der Waals surface area contributed by atoms with Crippen LogP contribution < -0.4 is 5.32 Å². The molecule has 2 unspecified atom stereocenters. The Balaban J connectivity index is 1.94. The highest BCUT2D eigenvalue weighted by molar-refractivity contribution is 5.79. The molecule has 1 aliphatic rings. The van der Waals surface area contributed by atoms with E-state index in [1.54, 1.807) is 0 Å². The predicted molar refractivity (Wildman–Crippen MR) is 74.5 cm³/mol. The molecule has 1 amide bonds. The molecule has 0 radical (unpaired) electrons. The molecule has 100 valence electrons. The number of hydrogen-bond donors (Lipinski definition) is 1. The van der Waals surface area contributed by atoms with Crippen molar-refractivity contribution in [3.05, 3.63) is 34.9 Å². The summed E-state index contributed by atoms with van der Waals surface area (Å²) in [4.78, 5) is 12.0. The molecule has 0 aliphatic heterocycles. The van der Waals surface area contributed by atoms with E-state index in [2.05, 4.69) is 31.3 Å². The van der Waals surface area contributed by atoms with Gasteiger partial charge < -0.3 is 5.32 Å². The number of amides is 1. The van der Waals surface area contributed by atoms with E-state index >= 15 is 0 Å². The number of carbonyl (C=O) groups excluding carboxylic acids is 1. The Hall–Kier alpha value is -1.82. The van der Waals surface area contributed by atoms with Crippen LogP contribution in [0.1, 0.15) is 36.0 Å². The Kier molecular flexibility index (Phi) is 4.21. The van der Waals surface area contributed by atoms with Crippen LogP contribution in [0.25, 0.3) is 0 Å². The van der Waals surface area contributed by atoms with Gasteiger partial charge >= 0.3 is 0 Å². The number of nitriles is 1. The quantitative estimate of drug-likeness (QED) is 0.904. The molecule has 0 saturated heterocycles. The molecule has 0 aromatic heterocycles. The first-order valence-corrected chi connectivity index (χ1v) is 6.85. The number of benzene rings is 1. The second kappa shape index (κ2) is 5.88. The molecule has 0 bridgehead atoms.